The van der Waals surface area contributed by atoms with Crippen molar-refractivity contribution in [3.8, 4) is 0 Å². The second-order valence-corrected chi connectivity index (χ2v) is 6.13. The molecule has 0 bridgehead atoms. The Morgan fingerprint density at radius 3 is 1.52 bits per heavy atom. The average molecular weight is 362 g/mol. The SMILES string of the molecule is COC(=O)[C@@H](O)COC(c1ccccc1)(c1ccccc1)c1ccccc1. The zero-order valence-electron chi connectivity index (χ0n) is 15.1. The average Bonchev–Trinajstić information content (AvgIpc) is 2.75. The number of esters is 1. The molecule has 0 spiro atoms. The lowest BCUT2D eigenvalue weighted by molar-refractivity contribution is -0.156. The topological polar surface area (TPSA) is 55.8 Å². The quantitative estimate of drug-likeness (QED) is 0.516. The van der Waals surface area contributed by atoms with Gasteiger partial charge in [0, 0.05) is 0 Å². The molecule has 0 aliphatic rings. The van der Waals surface area contributed by atoms with E-state index in [1.165, 1.54) is 7.11 Å². The predicted octanol–water partition coefficient (Wildman–Crippen LogP) is 3.53. The number of aliphatic hydroxyl groups is 1. The molecule has 3 rings (SSSR count). The Hall–Kier alpha value is -2.95. The van der Waals surface area contributed by atoms with E-state index in [2.05, 4.69) is 4.74 Å². The fourth-order valence-corrected chi connectivity index (χ4v) is 3.18. The smallest absolute Gasteiger partial charge is 0.337 e. The maximum Gasteiger partial charge on any atom is 0.337 e. The molecule has 0 aromatic heterocycles. The summed E-state index contributed by atoms with van der Waals surface area (Å²) in [5, 5.41) is 10.1. The molecule has 0 saturated carbocycles. The van der Waals surface area contributed by atoms with Crippen molar-refractivity contribution in [3.05, 3.63) is 108 Å². The molecular formula is C23H22O4. The first kappa shape index (κ1) is 18.8. The standard InChI is InChI=1S/C23H22O4/c1-26-22(25)21(24)17-27-23(18-11-5-2-6-12-18,19-13-7-3-8-14-19)20-15-9-4-10-16-20/h2-16,21,24H,17H2,1H3/t21-/m0/s1. The molecule has 4 nitrogen and oxygen atoms in total. The number of ether oxygens (including phenoxy) is 2. The van der Waals surface area contributed by atoms with Gasteiger partial charge in [0.15, 0.2) is 6.10 Å². The van der Waals surface area contributed by atoms with E-state index in [-0.39, 0.29) is 6.61 Å². The molecule has 3 aromatic rings. The van der Waals surface area contributed by atoms with Crippen molar-refractivity contribution in [2.45, 2.75) is 11.7 Å². The van der Waals surface area contributed by atoms with E-state index in [4.69, 9.17) is 4.74 Å². The second kappa shape index (κ2) is 8.62. The molecule has 0 aliphatic heterocycles. The van der Waals surface area contributed by atoms with Crippen LogP contribution in [0.25, 0.3) is 0 Å². The first-order valence-corrected chi connectivity index (χ1v) is 8.75. The Balaban J connectivity index is 2.15. The summed E-state index contributed by atoms with van der Waals surface area (Å²) in [4.78, 5) is 11.7. The van der Waals surface area contributed by atoms with Gasteiger partial charge in [-0.3, -0.25) is 0 Å². The van der Waals surface area contributed by atoms with Crippen LogP contribution in [0.1, 0.15) is 16.7 Å². The number of benzene rings is 3. The van der Waals surface area contributed by atoms with E-state index >= 15 is 0 Å². The van der Waals surface area contributed by atoms with Gasteiger partial charge in [0.2, 0.25) is 0 Å². The maximum absolute atomic E-state index is 11.7. The van der Waals surface area contributed by atoms with Crippen molar-refractivity contribution < 1.29 is 19.4 Å². The summed E-state index contributed by atoms with van der Waals surface area (Å²) < 4.78 is 10.9. The van der Waals surface area contributed by atoms with Gasteiger partial charge in [-0.05, 0) is 16.7 Å². The number of aliphatic hydroxyl groups excluding tert-OH is 1. The normalized spacial score (nSPS) is 12.4. The fraction of sp³-hybridized carbons (Fsp3) is 0.174. The van der Waals surface area contributed by atoms with Crippen LogP contribution in [0, 0.1) is 0 Å². The van der Waals surface area contributed by atoms with E-state index in [0.29, 0.717) is 0 Å². The van der Waals surface area contributed by atoms with E-state index in [9.17, 15) is 9.90 Å². The number of carbonyl (C=O) groups excluding carboxylic acids is 1. The van der Waals surface area contributed by atoms with E-state index in [0.717, 1.165) is 16.7 Å². The lowest BCUT2D eigenvalue weighted by Gasteiger charge is -2.36. The minimum atomic E-state index is -1.37. The van der Waals surface area contributed by atoms with Crippen LogP contribution in [0.2, 0.25) is 0 Å². The van der Waals surface area contributed by atoms with Gasteiger partial charge in [-0.2, -0.15) is 0 Å². The highest BCUT2D eigenvalue weighted by atomic mass is 16.6. The van der Waals surface area contributed by atoms with E-state index in [1.54, 1.807) is 0 Å². The first-order chi connectivity index (χ1) is 13.2. The monoisotopic (exact) mass is 362 g/mol. The second-order valence-electron chi connectivity index (χ2n) is 6.13. The van der Waals surface area contributed by atoms with E-state index < -0.39 is 17.7 Å². The van der Waals surface area contributed by atoms with Gasteiger partial charge in [-0.1, -0.05) is 91.0 Å². The molecule has 0 heterocycles. The molecule has 1 N–H and O–H groups in total. The van der Waals surface area contributed by atoms with Crippen molar-refractivity contribution >= 4 is 5.97 Å². The van der Waals surface area contributed by atoms with Crippen LogP contribution >= 0.6 is 0 Å². The van der Waals surface area contributed by atoms with Crippen LogP contribution < -0.4 is 0 Å². The first-order valence-electron chi connectivity index (χ1n) is 8.75. The highest BCUT2D eigenvalue weighted by molar-refractivity contribution is 5.74. The van der Waals surface area contributed by atoms with Crippen LogP contribution in [0.3, 0.4) is 0 Å². The van der Waals surface area contributed by atoms with Gasteiger partial charge in [-0.25, -0.2) is 4.79 Å². The highest BCUT2D eigenvalue weighted by Crippen LogP contribution is 2.40. The third kappa shape index (κ3) is 3.92. The number of methoxy groups -OCH3 is 1. The summed E-state index contributed by atoms with van der Waals surface area (Å²) in [5.41, 5.74) is 1.73. The summed E-state index contributed by atoms with van der Waals surface area (Å²) in [6.07, 6.45) is -1.37. The highest BCUT2D eigenvalue weighted by Gasteiger charge is 2.38. The summed E-state index contributed by atoms with van der Waals surface area (Å²) in [6, 6.07) is 29.3. The van der Waals surface area contributed by atoms with Gasteiger partial charge >= 0.3 is 5.97 Å². The molecular weight excluding hydrogens is 340 g/mol. The minimum Gasteiger partial charge on any atom is -0.467 e. The van der Waals surface area contributed by atoms with Gasteiger partial charge < -0.3 is 14.6 Å². The van der Waals surface area contributed by atoms with E-state index in [1.807, 2.05) is 91.0 Å². The third-order valence-corrected chi connectivity index (χ3v) is 4.47. The summed E-state index contributed by atoms with van der Waals surface area (Å²) in [7, 11) is 1.24. The Morgan fingerprint density at radius 1 is 0.815 bits per heavy atom. The molecule has 27 heavy (non-hydrogen) atoms. The zero-order valence-corrected chi connectivity index (χ0v) is 15.1. The van der Waals surface area contributed by atoms with Crippen LogP contribution in [0.4, 0.5) is 0 Å². The molecule has 138 valence electrons. The van der Waals surface area contributed by atoms with Crippen molar-refractivity contribution in [1.29, 1.82) is 0 Å². The van der Waals surface area contributed by atoms with Crippen molar-refractivity contribution in [2.24, 2.45) is 0 Å². The third-order valence-electron chi connectivity index (χ3n) is 4.47. The number of hydrogen-bond acceptors (Lipinski definition) is 4. The van der Waals surface area contributed by atoms with Crippen LogP contribution in [0.5, 0.6) is 0 Å². The lowest BCUT2D eigenvalue weighted by Crippen LogP contribution is -2.38. The van der Waals surface area contributed by atoms with Crippen molar-refractivity contribution in [1.82, 2.24) is 0 Å². The van der Waals surface area contributed by atoms with Crippen molar-refractivity contribution in [2.75, 3.05) is 13.7 Å². The maximum atomic E-state index is 11.7. The molecule has 1 atom stereocenters. The number of rotatable bonds is 7. The summed E-state index contributed by atoms with van der Waals surface area (Å²) in [6.45, 7) is -0.203. The molecule has 0 unspecified atom stereocenters. The molecule has 0 saturated heterocycles. The molecule has 0 aliphatic carbocycles. The van der Waals surface area contributed by atoms with Gasteiger partial charge in [0.25, 0.3) is 0 Å². The van der Waals surface area contributed by atoms with Crippen molar-refractivity contribution in [3.63, 3.8) is 0 Å². The molecule has 0 amide bonds. The Labute approximate surface area is 159 Å². The fourth-order valence-electron chi connectivity index (χ4n) is 3.18. The Kier molecular flexibility index (Phi) is 6.01. The number of hydrogen-bond donors (Lipinski definition) is 1. The largest absolute Gasteiger partial charge is 0.467 e. The van der Waals surface area contributed by atoms with Gasteiger partial charge in [-0.15, -0.1) is 0 Å². The summed E-state index contributed by atoms with van der Waals surface area (Å²) >= 11 is 0. The van der Waals surface area contributed by atoms with Gasteiger partial charge in [0.1, 0.15) is 5.60 Å². The van der Waals surface area contributed by atoms with Crippen LogP contribution in [0.15, 0.2) is 91.0 Å². The molecule has 3 aromatic carbocycles. The molecule has 0 fully saturated rings. The minimum absolute atomic E-state index is 0.203. The van der Waals surface area contributed by atoms with Crippen LogP contribution in [-0.2, 0) is 19.9 Å². The molecule has 4 heteroatoms. The van der Waals surface area contributed by atoms with Crippen LogP contribution in [-0.4, -0.2) is 30.9 Å². The molecule has 0 radical (unpaired) electrons. The Bertz CT molecular complexity index is 751. The summed E-state index contributed by atoms with van der Waals surface area (Å²) in [5.74, 6) is -0.724. The van der Waals surface area contributed by atoms with Gasteiger partial charge in [0.05, 0.1) is 13.7 Å². The lowest BCUT2D eigenvalue weighted by atomic mass is 9.80. The number of carbonyl (C=O) groups is 1. The Morgan fingerprint density at radius 2 is 1.19 bits per heavy atom. The zero-order chi connectivity index (χ0) is 19.1. The predicted molar refractivity (Wildman–Crippen MR) is 103 cm³/mol.